The van der Waals surface area contributed by atoms with E-state index in [1.54, 1.807) is 0 Å². The molecule has 0 bridgehead atoms. The molecule has 1 amide bonds. The summed E-state index contributed by atoms with van der Waals surface area (Å²) in [5, 5.41) is 23.0. The van der Waals surface area contributed by atoms with Gasteiger partial charge in [-0.15, -0.1) is 0 Å². The van der Waals surface area contributed by atoms with Crippen LogP contribution in [0, 0.1) is 21.4 Å². The second-order valence-corrected chi connectivity index (χ2v) is 5.21. The Morgan fingerprint density at radius 2 is 2.10 bits per heavy atom. The van der Waals surface area contributed by atoms with Crippen molar-refractivity contribution in [3.8, 4) is 6.07 Å². The maximum atomic E-state index is 12.2. The molecule has 0 aliphatic heterocycles. The molecule has 0 atom stereocenters. The van der Waals surface area contributed by atoms with E-state index in [2.05, 4.69) is 11.4 Å². The molecule has 1 aliphatic rings. The molecule has 0 saturated heterocycles. The van der Waals surface area contributed by atoms with Crippen molar-refractivity contribution in [2.75, 3.05) is 0 Å². The van der Waals surface area contributed by atoms with E-state index in [0.29, 0.717) is 12.8 Å². The van der Waals surface area contributed by atoms with Crippen molar-refractivity contribution in [3.63, 3.8) is 0 Å². The van der Waals surface area contributed by atoms with Gasteiger partial charge in [0.2, 0.25) is 0 Å². The number of amides is 1. The van der Waals surface area contributed by atoms with Gasteiger partial charge in [-0.3, -0.25) is 14.9 Å². The van der Waals surface area contributed by atoms with Crippen LogP contribution >= 0.6 is 11.6 Å². The predicted octanol–water partition coefficient (Wildman–Crippen LogP) is 2.81. The number of rotatable bonds is 3. The predicted molar refractivity (Wildman–Crippen MR) is 72.4 cm³/mol. The van der Waals surface area contributed by atoms with Crippen LogP contribution in [-0.2, 0) is 0 Å². The fourth-order valence-electron chi connectivity index (χ4n) is 2.38. The summed E-state index contributed by atoms with van der Waals surface area (Å²) in [7, 11) is 0. The first-order valence-electron chi connectivity index (χ1n) is 6.15. The van der Waals surface area contributed by atoms with Crippen molar-refractivity contribution in [3.05, 3.63) is 38.9 Å². The quantitative estimate of drug-likeness (QED) is 0.684. The zero-order valence-corrected chi connectivity index (χ0v) is 11.3. The molecular formula is C13H12ClN3O3. The fourth-order valence-corrected chi connectivity index (χ4v) is 2.55. The molecule has 0 heterocycles. The number of nitro groups is 1. The molecule has 1 aromatic rings. The van der Waals surface area contributed by atoms with Crippen molar-refractivity contribution in [2.24, 2.45) is 0 Å². The van der Waals surface area contributed by atoms with Crippen LogP contribution in [0.5, 0.6) is 0 Å². The van der Waals surface area contributed by atoms with Crippen LogP contribution in [0.4, 0.5) is 5.69 Å². The molecule has 1 N–H and O–H groups in total. The molecule has 1 saturated carbocycles. The number of nitro benzene ring substituents is 1. The molecule has 1 aromatic carbocycles. The van der Waals surface area contributed by atoms with Gasteiger partial charge in [-0.05, 0) is 37.8 Å². The van der Waals surface area contributed by atoms with Crippen LogP contribution in [0.1, 0.15) is 36.0 Å². The summed E-state index contributed by atoms with van der Waals surface area (Å²) in [5.74, 6) is -0.636. The minimum Gasteiger partial charge on any atom is -0.333 e. The first kappa shape index (κ1) is 14.3. The highest BCUT2D eigenvalue weighted by atomic mass is 35.5. The molecule has 2 rings (SSSR count). The summed E-state index contributed by atoms with van der Waals surface area (Å²) in [6, 6.07) is 5.89. The van der Waals surface area contributed by atoms with Gasteiger partial charge < -0.3 is 5.32 Å². The summed E-state index contributed by atoms with van der Waals surface area (Å²) in [5.41, 5.74) is -1.37. The van der Waals surface area contributed by atoms with Gasteiger partial charge in [0.15, 0.2) is 0 Å². The molecule has 0 spiro atoms. The Balaban J connectivity index is 2.32. The number of hydrogen-bond acceptors (Lipinski definition) is 4. The third kappa shape index (κ3) is 2.73. The summed E-state index contributed by atoms with van der Waals surface area (Å²) in [6.07, 6.45) is 2.82. The van der Waals surface area contributed by atoms with Gasteiger partial charge in [-0.25, -0.2) is 0 Å². The number of nitrogens with zero attached hydrogens (tertiary/aromatic N) is 2. The fraction of sp³-hybridized carbons (Fsp3) is 0.385. The Morgan fingerprint density at radius 1 is 1.45 bits per heavy atom. The smallest absolute Gasteiger partial charge is 0.282 e. The number of halogens is 1. The first-order valence-corrected chi connectivity index (χ1v) is 6.53. The lowest BCUT2D eigenvalue weighted by Crippen LogP contribution is -2.45. The minimum atomic E-state index is -0.923. The van der Waals surface area contributed by atoms with Gasteiger partial charge >= 0.3 is 0 Å². The standard InChI is InChI=1S/C13H12ClN3O3/c14-9-3-4-11(17(19)20)10(7-9)12(18)16-13(8-15)5-1-2-6-13/h3-4,7H,1-2,5-6H2,(H,16,18). The van der Waals surface area contributed by atoms with E-state index in [0.717, 1.165) is 12.8 Å². The zero-order chi connectivity index (χ0) is 14.8. The number of carbonyl (C=O) groups is 1. The van der Waals surface area contributed by atoms with E-state index in [9.17, 15) is 20.2 Å². The van der Waals surface area contributed by atoms with Gasteiger partial charge in [0.05, 0.1) is 11.0 Å². The van der Waals surface area contributed by atoms with Crippen LogP contribution < -0.4 is 5.32 Å². The van der Waals surface area contributed by atoms with Gasteiger partial charge in [-0.1, -0.05) is 11.6 Å². The molecular weight excluding hydrogens is 282 g/mol. The van der Waals surface area contributed by atoms with E-state index in [-0.39, 0.29) is 16.3 Å². The average Bonchev–Trinajstić information content (AvgIpc) is 2.87. The maximum Gasteiger partial charge on any atom is 0.282 e. The molecule has 0 radical (unpaired) electrons. The third-order valence-corrected chi connectivity index (χ3v) is 3.66. The van der Waals surface area contributed by atoms with Crippen molar-refractivity contribution in [1.82, 2.24) is 5.32 Å². The second kappa shape index (κ2) is 5.47. The van der Waals surface area contributed by atoms with E-state index < -0.39 is 16.4 Å². The number of carbonyl (C=O) groups excluding carboxylic acids is 1. The lowest BCUT2D eigenvalue weighted by atomic mass is 9.99. The Hall–Kier alpha value is -2.13. The van der Waals surface area contributed by atoms with Gasteiger partial charge in [0.25, 0.3) is 11.6 Å². The number of nitrogens with one attached hydrogen (secondary N) is 1. The van der Waals surface area contributed by atoms with Crippen molar-refractivity contribution < 1.29 is 9.72 Å². The van der Waals surface area contributed by atoms with Gasteiger partial charge in [0, 0.05) is 11.1 Å². The molecule has 1 aliphatic carbocycles. The Labute approximate surface area is 120 Å². The van der Waals surface area contributed by atoms with Crippen molar-refractivity contribution in [2.45, 2.75) is 31.2 Å². The zero-order valence-electron chi connectivity index (χ0n) is 10.6. The molecule has 1 fully saturated rings. The van der Waals surface area contributed by atoms with E-state index >= 15 is 0 Å². The molecule has 0 aromatic heterocycles. The largest absolute Gasteiger partial charge is 0.333 e. The molecule has 104 valence electrons. The van der Waals surface area contributed by atoms with Crippen LogP contribution in [-0.4, -0.2) is 16.4 Å². The van der Waals surface area contributed by atoms with E-state index in [1.165, 1.54) is 18.2 Å². The van der Waals surface area contributed by atoms with Crippen molar-refractivity contribution >= 4 is 23.2 Å². The first-order chi connectivity index (χ1) is 9.47. The summed E-state index contributed by atoms with van der Waals surface area (Å²) < 4.78 is 0. The minimum absolute atomic E-state index is 0.121. The van der Waals surface area contributed by atoms with Crippen LogP contribution in [0.2, 0.25) is 5.02 Å². The van der Waals surface area contributed by atoms with Gasteiger partial charge in [-0.2, -0.15) is 5.26 Å². The van der Waals surface area contributed by atoms with Crippen LogP contribution in [0.15, 0.2) is 18.2 Å². The van der Waals surface area contributed by atoms with Crippen molar-refractivity contribution in [1.29, 1.82) is 5.26 Å². The highest BCUT2D eigenvalue weighted by Crippen LogP contribution is 2.30. The highest BCUT2D eigenvalue weighted by Gasteiger charge is 2.36. The monoisotopic (exact) mass is 293 g/mol. The highest BCUT2D eigenvalue weighted by molar-refractivity contribution is 6.31. The number of benzene rings is 1. The van der Waals surface area contributed by atoms with E-state index in [4.69, 9.17) is 11.6 Å². The van der Waals surface area contributed by atoms with Gasteiger partial charge in [0.1, 0.15) is 11.1 Å². The average molecular weight is 294 g/mol. The summed E-state index contributed by atoms with van der Waals surface area (Å²) >= 11 is 5.78. The molecule has 6 nitrogen and oxygen atoms in total. The molecule has 20 heavy (non-hydrogen) atoms. The van der Waals surface area contributed by atoms with Crippen LogP contribution in [0.3, 0.4) is 0 Å². The third-order valence-electron chi connectivity index (χ3n) is 3.42. The lowest BCUT2D eigenvalue weighted by Gasteiger charge is -2.21. The topological polar surface area (TPSA) is 96.0 Å². The maximum absolute atomic E-state index is 12.2. The Kier molecular flexibility index (Phi) is 3.91. The Morgan fingerprint density at radius 3 is 2.65 bits per heavy atom. The lowest BCUT2D eigenvalue weighted by molar-refractivity contribution is -0.385. The molecule has 0 unspecified atom stereocenters. The SMILES string of the molecule is N#CC1(NC(=O)c2cc(Cl)ccc2[N+](=O)[O-])CCCC1. The Bertz CT molecular complexity index is 603. The summed E-state index contributed by atoms with van der Waals surface area (Å²) in [4.78, 5) is 22.5. The second-order valence-electron chi connectivity index (χ2n) is 4.77. The molecule has 7 heteroatoms. The summed E-state index contributed by atoms with van der Waals surface area (Å²) in [6.45, 7) is 0. The number of hydrogen-bond donors (Lipinski definition) is 1. The number of nitriles is 1. The van der Waals surface area contributed by atoms with E-state index in [1.807, 2.05) is 0 Å². The van der Waals surface area contributed by atoms with Crippen LogP contribution in [0.25, 0.3) is 0 Å². The normalized spacial score (nSPS) is 16.4.